The van der Waals surface area contributed by atoms with Crippen molar-refractivity contribution in [2.75, 3.05) is 0 Å². The number of fused-ring (bicyclic) bond motifs is 3. The highest BCUT2D eigenvalue weighted by Crippen LogP contribution is 2.38. The number of hydrogen-bond acceptors (Lipinski definition) is 6. The van der Waals surface area contributed by atoms with Crippen molar-refractivity contribution in [1.82, 2.24) is 29.9 Å². The van der Waals surface area contributed by atoms with Crippen LogP contribution in [0.25, 0.3) is 22.7 Å². The van der Waals surface area contributed by atoms with Crippen LogP contribution in [0, 0.1) is 6.92 Å². The third-order valence-corrected chi connectivity index (χ3v) is 6.16. The molecule has 0 bridgehead atoms. The number of rotatable bonds is 4. The first-order chi connectivity index (χ1) is 16.7. The lowest BCUT2D eigenvalue weighted by atomic mass is 9.93. The van der Waals surface area contributed by atoms with Crippen molar-refractivity contribution in [3.8, 4) is 17.1 Å². The molecule has 166 valence electrons. The largest absolute Gasteiger partial charge is 0.421 e. The van der Waals surface area contributed by atoms with Crippen LogP contribution in [0.4, 0.5) is 0 Å². The number of pyridine rings is 1. The van der Waals surface area contributed by atoms with Crippen LogP contribution in [0.3, 0.4) is 0 Å². The molecular formula is C26H19ClN6O. The predicted octanol–water partition coefficient (Wildman–Crippen LogP) is 5.45. The number of benzene rings is 2. The van der Waals surface area contributed by atoms with Crippen molar-refractivity contribution in [2.24, 2.45) is 0 Å². The first-order valence-corrected chi connectivity index (χ1v) is 11.3. The normalized spacial score (nSPS) is 14.8. The van der Waals surface area contributed by atoms with Gasteiger partial charge in [-0.25, -0.2) is 0 Å². The fraction of sp³-hybridized carbons (Fsp3) is 0.115. The van der Waals surface area contributed by atoms with Gasteiger partial charge in [-0.15, -0.1) is 20.4 Å². The third-order valence-electron chi connectivity index (χ3n) is 5.91. The zero-order chi connectivity index (χ0) is 23.1. The van der Waals surface area contributed by atoms with E-state index < -0.39 is 0 Å². The van der Waals surface area contributed by atoms with Crippen LogP contribution >= 0.6 is 11.6 Å². The average molecular weight is 467 g/mol. The Morgan fingerprint density at radius 2 is 1.76 bits per heavy atom. The summed E-state index contributed by atoms with van der Waals surface area (Å²) in [4.78, 5) is 4.14. The zero-order valence-electron chi connectivity index (χ0n) is 18.3. The van der Waals surface area contributed by atoms with Gasteiger partial charge in [-0.3, -0.25) is 9.55 Å². The van der Waals surface area contributed by atoms with E-state index in [4.69, 9.17) is 16.0 Å². The van der Waals surface area contributed by atoms with Gasteiger partial charge in [0.05, 0.1) is 11.3 Å². The summed E-state index contributed by atoms with van der Waals surface area (Å²) >= 11 is 6.17. The molecule has 1 aliphatic rings. The van der Waals surface area contributed by atoms with Crippen LogP contribution in [-0.4, -0.2) is 29.9 Å². The van der Waals surface area contributed by atoms with Crippen LogP contribution in [-0.2, 0) is 6.42 Å². The molecule has 0 saturated heterocycles. The SMILES string of the molecule is Cc1nnc2n1-c1ccccc1C(c1ccc(Cl)cc1)=C[C@@H]2Cc1nnc(-c2cccnc2)o1. The molecule has 5 aromatic rings. The van der Waals surface area contributed by atoms with Gasteiger partial charge < -0.3 is 4.42 Å². The van der Waals surface area contributed by atoms with E-state index in [1.165, 1.54) is 0 Å². The minimum Gasteiger partial charge on any atom is -0.421 e. The van der Waals surface area contributed by atoms with Gasteiger partial charge in [0.15, 0.2) is 0 Å². The Balaban J connectivity index is 1.48. The number of halogens is 1. The van der Waals surface area contributed by atoms with E-state index in [0.29, 0.717) is 23.2 Å². The molecule has 0 aliphatic carbocycles. The second-order valence-electron chi connectivity index (χ2n) is 8.10. The number of allylic oxidation sites excluding steroid dienone is 1. The molecule has 0 N–H and O–H groups in total. The maximum absolute atomic E-state index is 6.17. The summed E-state index contributed by atoms with van der Waals surface area (Å²) in [5.41, 5.74) is 5.07. The Hall–Kier alpha value is -4.10. The molecule has 0 amide bonds. The van der Waals surface area contributed by atoms with Crippen molar-refractivity contribution in [3.05, 3.63) is 113 Å². The Morgan fingerprint density at radius 1 is 0.912 bits per heavy atom. The van der Waals surface area contributed by atoms with Gasteiger partial charge in [0.2, 0.25) is 11.8 Å². The van der Waals surface area contributed by atoms with E-state index in [0.717, 1.165) is 39.6 Å². The predicted molar refractivity (Wildman–Crippen MR) is 129 cm³/mol. The number of nitrogens with zero attached hydrogens (tertiary/aromatic N) is 6. The molecule has 1 aliphatic heterocycles. The Morgan fingerprint density at radius 3 is 2.59 bits per heavy atom. The second-order valence-corrected chi connectivity index (χ2v) is 8.53. The maximum atomic E-state index is 6.17. The summed E-state index contributed by atoms with van der Waals surface area (Å²) < 4.78 is 8.11. The van der Waals surface area contributed by atoms with Crippen molar-refractivity contribution >= 4 is 17.2 Å². The molecule has 8 heteroatoms. The average Bonchev–Trinajstić information content (AvgIpc) is 3.46. The second kappa shape index (κ2) is 8.35. The highest BCUT2D eigenvalue weighted by atomic mass is 35.5. The number of hydrogen-bond donors (Lipinski definition) is 0. The van der Waals surface area contributed by atoms with Crippen molar-refractivity contribution in [2.45, 2.75) is 19.3 Å². The molecule has 4 heterocycles. The van der Waals surface area contributed by atoms with Gasteiger partial charge >= 0.3 is 0 Å². The molecule has 0 unspecified atom stereocenters. The van der Waals surface area contributed by atoms with E-state index in [1.54, 1.807) is 12.4 Å². The third kappa shape index (κ3) is 3.60. The van der Waals surface area contributed by atoms with Crippen LogP contribution in [0.2, 0.25) is 5.02 Å². The summed E-state index contributed by atoms with van der Waals surface area (Å²) in [6.45, 7) is 1.96. The summed E-state index contributed by atoms with van der Waals surface area (Å²) in [6.07, 6.45) is 6.11. The fourth-order valence-electron chi connectivity index (χ4n) is 4.34. The molecule has 0 fully saturated rings. The zero-order valence-corrected chi connectivity index (χ0v) is 19.0. The van der Waals surface area contributed by atoms with Crippen LogP contribution in [0.1, 0.15) is 34.6 Å². The van der Waals surface area contributed by atoms with Crippen molar-refractivity contribution in [3.63, 3.8) is 0 Å². The van der Waals surface area contributed by atoms with Gasteiger partial charge in [-0.2, -0.15) is 0 Å². The molecule has 2 aromatic carbocycles. The lowest BCUT2D eigenvalue weighted by Crippen LogP contribution is -2.09. The molecule has 3 aromatic heterocycles. The van der Waals surface area contributed by atoms with Gasteiger partial charge in [0.25, 0.3) is 0 Å². The monoisotopic (exact) mass is 466 g/mol. The van der Waals surface area contributed by atoms with Gasteiger partial charge in [0.1, 0.15) is 11.6 Å². The van der Waals surface area contributed by atoms with E-state index in [9.17, 15) is 0 Å². The first kappa shape index (κ1) is 20.5. The summed E-state index contributed by atoms with van der Waals surface area (Å²) in [5.74, 6) is 2.48. The topological polar surface area (TPSA) is 82.5 Å². The van der Waals surface area contributed by atoms with Crippen LogP contribution < -0.4 is 0 Å². The molecule has 0 spiro atoms. The molecular weight excluding hydrogens is 448 g/mol. The Bertz CT molecular complexity index is 1500. The van der Waals surface area contributed by atoms with Gasteiger partial charge in [-0.1, -0.05) is 48.0 Å². The van der Waals surface area contributed by atoms with Gasteiger partial charge in [-0.05, 0) is 48.4 Å². The lowest BCUT2D eigenvalue weighted by molar-refractivity contribution is 0.490. The minimum absolute atomic E-state index is 0.138. The molecule has 1 atom stereocenters. The smallest absolute Gasteiger partial charge is 0.249 e. The van der Waals surface area contributed by atoms with Crippen LogP contribution in [0.15, 0.2) is 83.6 Å². The highest BCUT2D eigenvalue weighted by Gasteiger charge is 2.28. The van der Waals surface area contributed by atoms with Crippen molar-refractivity contribution in [1.29, 1.82) is 0 Å². The molecule has 0 radical (unpaired) electrons. The molecule has 34 heavy (non-hydrogen) atoms. The van der Waals surface area contributed by atoms with Gasteiger partial charge in [0, 0.05) is 35.3 Å². The lowest BCUT2D eigenvalue weighted by Gasteiger charge is -2.13. The van der Waals surface area contributed by atoms with Crippen LogP contribution in [0.5, 0.6) is 0 Å². The number of aromatic nitrogens is 6. The fourth-order valence-corrected chi connectivity index (χ4v) is 4.47. The maximum Gasteiger partial charge on any atom is 0.249 e. The quantitative estimate of drug-likeness (QED) is 0.350. The summed E-state index contributed by atoms with van der Waals surface area (Å²) in [5, 5.41) is 18.2. The Kier molecular flexibility index (Phi) is 5.04. The van der Waals surface area contributed by atoms with E-state index >= 15 is 0 Å². The Labute approximate surface area is 200 Å². The summed E-state index contributed by atoms with van der Waals surface area (Å²) in [7, 11) is 0. The number of aryl methyl sites for hydroxylation is 1. The summed E-state index contributed by atoms with van der Waals surface area (Å²) in [6, 6.07) is 19.9. The molecule has 6 rings (SSSR count). The van der Waals surface area contributed by atoms with E-state index in [1.807, 2.05) is 55.5 Å². The molecule has 0 saturated carbocycles. The molecule has 7 nitrogen and oxygen atoms in total. The van der Waals surface area contributed by atoms with E-state index in [2.05, 4.69) is 48.2 Å². The number of para-hydroxylation sites is 1. The highest BCUT2D eigenvalue weighted by molar-refractivity contribution is 6.30. The van der Waals surface area contributed by atoms with Crippen molar-refractivity contribution < 1.29 is 4.42 Å². The minimum atomic E-state index is -0.138. The van der Waals surface area contributed by atoms with E-state index in [-0.39, 0.29) is 5.92 Å². The first-order valence-electron chi connectivity index (χ1n) is 10.9. The standard InChI is InChI=1S/C26H19ClN6O/c1-16-29-31-25-19(14-24-30-32-26(34-24)18-5-4-12-28-15-18)13-22(17-8-10-20(27)11-9-17)21-6-2-3-7-23(21)33(16)25/h2-13,15,19H,14H2,1H3/t19-/m1/s1.